The molecule has 1 heterocycles. The smallest absolute Gasteiger partial charge is 0.137 e. The van der Waals surface area contributed by atoms with Gasteiger partial charge in [0.2, 0.25) is 0 Å². The van der Waals surface area contributed by atoms with E-state index in [-0.39, 0.29) is 0 Å². The van der Waals surface area contributed by atoms with E-state index in [1.165, 1.54) is 0 Å². The van der Waals surface area contributed by atoms with E-state index in [2.05, 4.69) is 15.3 Å². The van der Waals surface area contributed by atoms with E-state index in [0.29, 0.717) is 19.8 Å². The standard InChI is InChI=1S/C13H18N4O/c14-6-9-18-8-3-7-15-13-11-4-1-2-5-12(11)16-10-17-13/h1-2,4-5,10H,3,6-9,14H2,(H,15,16,17). The summed E-state index contributed by atoms with van der Waals surface area (Å²) in [7, 11) is 0. The zero-order chi connectivity index (χ0) is 12.6. The number of nitrogens with zero attached hydrogens (tertiary/aromatic N) is 2. The summed E-state index contributed by atoms with van der Waals surface area (Å²) < 4.78 is 5.31. The quantitative estimate of drug-likeness (QED) is 0.723. The van der Waals surface area contributed by atoms with Gasteiger partial charge in [0.25, 0.3) is 0 Å². The van der Waals surface area contributed by atoms with Crippen LogP contribution in [0.2, 0.25) is 0 Å². The molecule has 0 spiro atoms. The van der Waals surface area contributed by atoms with Crippen LogP contribution in [-0.4, -0.2) is 36.3 Å². The third-order valence-corrected chi connectivity index (χ3v) is 2.56. The van der Waals surface area contributed by atoms with Crippen molar-refractivity contribution in [3.8, 4) is 0 Å². The molecule has 0 amide bonds. The van der Waals surface area contributed by atoms with E-state index in [1.54, 1.807) is 6.33 Å². The lowest BCUT2D eigenvalue weighted by Gasteiger charge is -2.08. The van der Waals surface area contributed by atoms with E-state index >= 15 is 0 Å². The topological polar surface area (TPSA) is 73.1 Å². The van der Waals surface area contributed by atoms with Gasteiger partial charge in [0.05, 0.1) is 12.1 Å². The fourth-order valence-corrected chi connectivity index (χ4v) is 1.71. The molecule has 0 bridgehead atoms. The van der Waals surface area contributed by atoms with Crippen LogP contribution in [0.5, 0.6) is 0 Å². The molecule has 1 aromatic heterocycles. The molecule has 3 N–H and O–H groups in total. The van der Waals surface area contributed by atoms with E-state index in [9.17, 15) is 0 Å². The van der Waals surface area contributed by atoms with Crippen LogP contribution in [0, 0.1) is 0 Å². The van der Waals surface area contributed by atoms with Crippen LogP contribution in [0.4, 0.5) is 5.82 Å². The minimum atomic E-state index is 0.573. The van der Waals surface area contributed by atoms with Gasteiger partial charge in [-0.2, -0.15) is 0 Å². The highest BCUT2D eigenvalue weighted by Crippen LogP contribution is 2.17. The second kappa shape index (κ2) is 6.88. The predicted molar refractivity (Wildman–Crippen MR) is 72.5 cm³/mol. The number of rotatable bonds is 7. The number of hydrogen-bond donors (Lipinski definition) is 2. The molecule has 0 unspecified atom stereocenters. The van der Waals surface area contributed by atoms with Gasteiger partial charge in [-0.25, -0.2) is 9.97 Å². The fourth-order valence-electron chi connectivity index (χ4n) is 1.71. The SMILES string of the molecule is NCCOCCCNc1ncnc2ccccc12. The molecule has 2 rings (SSSR count). The maximum atomic E-state index is 5.34. The minimum absolute atomic E-state index is 0.573. The number of anilines is 1. The number of benzene rings is 1. The second-order valence-corrected chi connectivity index (χ2v) is 3.92. The Kier molecular flexibility index (Phi) is 4.87. The van der Waals surface area contributed by atoms with Crippen LogP contribution in [0.15, 0.2) is 30.6 Å². The molecule has 0 atom stereocenters. The van der Waals surface area contributed by atoms with Crippen LogP contribution in [0.25, 0.3) is 10.9 Å². The zero-order valence-corrected chi connectivity index (χ0v) is 10.3. The lowest BCUT2D eigenvalue weighted by Crippen LogP contribution is -2.12. The Hall–Kier alpha value is -1.72. The Morgan fingerprint density at radius 2 is 2.06 bits per heavy atom. The van der Waals surface area contributed by atoms with Crippen LogP contribution in [0.1, 0.15) is 6.42 Å². The summed E-state index contributed by atoms with van der Waals surface area (Å²) in [5.41, 5.74) is 6.29. The Morgan fingerprint density at radius 3 is 2.94 bits per heavy atom. The zero-order valence-electron chi connectivity index (χ0n) is 10.3. The normalized spacial score (nSPS) is 10.7. The van der Waals surface area contributed by atoms with Crippen molar-refractivity contribution < 1.29 is 4.74 Å². The Bertz CT molecular complexity index is 484. The van der Waals surface area contributed by atoms with Crippen LogP contribution in [0.3, 0.4) is 0 Å². The first kappa shape index (κ1) is 12.7. The minimum Gasteiger partial charge on any atom is -0.380 e. The monoisotopic (exact) mass is 246 g/mol. The van der Waals surface area contributed by atoms with Crippen LogP contribution >= 0.6 is 0 Å². The van der Waals surface area contributed by atoms with Crippen molar-refractivity contribution in [3.05, 3.63) is 30.6 Å². The molecule has 0 saturated carbocycles. The number of nitrogens with one attached hydrogen (secondary N) is 1. The molecule has 5 nitrogen and oxygen atoms in total. The molecule has 96 valence electrons. The Labute approximate surface area is 106 Å². The van der Waals surface area contributed by atoms with Crippen LogP contribution in [-0.2, 0) is 4.74 Å². The molecule has 0 aliphatic rings. The van der Waals surface area contributed by atoms with E-state index < -0.39 is 0 Å². The van der Waals surface area contributed by atoms with Gasteiger partial charge < -0.3 is 15.8 Å². The molecule has 0 fully saturated rings. The van der Waals surface area contributed by atoms with E-state index in [1.807, 2.05) is 24.3 Å². The number of aromatic nitrogens is 2. The van der Waals surface area contributed by atoms with Crippen molar-refractivity contribution >= 4 is 16.7 Å². The maximum absolute atomic E-state index is 5.34. The number of ether oxygens (including phenoxy) is 1. The van der Waals surface area contributed by atoms with Gasteiger partial charge >= 0.3 is 0 Å². The number of para-hydroxylation sites is 1. The van der Waals surface area contributed by atoms with Crippen molar-refractivity contribution in [3.63, 3.8) is 0 Å². The van der Waals surface area contributed by atoms with Crippen molar-refractivity contribution in [2.24, 2.45) is 5.73 Å². The third-order valence-electron chi connectivity index (χ3n) is 2.56. The average molecular weight is 246 g/mol. The fraction of sp³-hybridized carbons (Fsp3) is 0.385. The number of nitrogens with two attached hydrogens (primary N) is 1. The van der Waals surface area contributed by atoms with Gasteiger partial charge in [-0.15, -0.1) is 0 Å². The summed E-state index contributed by atoms with van der Waals surface area (Å²) in [6, 6.07) is 7.95. The van der Waals surface area contributed by atoms with Gasteiger partial charge in [-0.1, -0.05) is 12.1 Å². The number of hydrogen-bond acceptors (Lipinski definition) is 5. The van der Waals surface area contributed by atoms with Gasteiger partial charge in [-0.05, 0) is 18.6 Å². The summed E-state index contributed by atoms with van der Waals surface area (Å²) in [6.07, 6.45) is 2.51. The highest BCUT2D eigenvalue weighted by molar-refractivity contribution is 5.88. The van der Waals surface area contributed by atoms with Gasteiger partial charge in [0.15, 0.2) is 0 Å². The second-order valence-electron chi connectivity index (χ2n) is 3.92. The van der Waals surface area contributed by atoms with Gasteiger partial charge in [0.1, 0.15) is 12.1 Å². The predicted octanol–water partition coefficient (Wildman–Crippen LogP) is 1.41. The molecular weight excluding hydrogens is 228 g/mol. The average Bonchev–Trinajstić information content (AvgIpc) is 2.43. The third kappa shape index (κ3) is 3.38. The molecule has 0 aliphatic heterocycles. The molecule has 0 aliphatic carbocycles. The molecule has 18 heavy (non-hydrogen) atoms. The first-order valence-corrected chi connectivity index (χ1v) is 6.13. The molecule has 1 aromatic carbocycles. The molecule has 0 radical (unpaired) electrons. The van der Waals surface area contributed by atoms with Gasteiger partial charge in [-0.3, -0.25) is 0 Å². The summed E-state index contributed by atoms with van der Waals surface area (Å²) in [5, 5.41) is 4.35. The first-order chi connectivity index (χ1) is 8.92. The van der Waals surface area contributed by atoms with Crippen molar-refractivity contribution in [1.82, 2.24) is 9.97 Å². The van der Waals surface area contributed by atoms with Crippen LogP contribution < -0.4 is 11.1 Å². The highest BCUT2D eigenvalue weighted by atomic mass is 16.5. The number of fused-ring (bicyclic) bond motifs is 1. The van der Waals surface area contributed by atoms with E-state index in [4.69, 9.17) is 10.5 Å². The lowest BCUT2D eigenvalue weighted by molar-refractivity contribution is 0.141. The summed E-state index contributed by atoms with van der Waals surface area (Å²) in [6.45, 7) is 2.74. The summed E-state index contributed by atoms with van der Waals surface area (Å²) >= 11 is 0. The molecular formula is C13H18N4O. The highest BCUT2D eigenvalue weighted by Gasteiger charge is 2.01. The van der Waals surface area contributed by atoms with Crippen molar-refractivity contribution in [2.75, 3.05) is 31.6 Å². The van der Waals surface area contributed by atoms with E-state index in [0.717, 1.165) is 29.7 Å². The lowest BCUT2D eigenvalue weighted by atomic mass is 10.2. The molecule has 0 saturated heterocycles. The van der Waals surface area contributed by atoms with Crippen molar-refractivity contribution in [1.29, 1.82) is 0 Å². The largest absolute Gasteiger partial charge is 0.380 e. The summed E-state index contributed by atoms with van der Waals surface area (Å²) in [4.78, 5) is 8.48. The maximum Gasteiger partial charge on any atom is 0.137 e. The first-order valence-electron chi connectivity index (χ1n) is 6.13. The summed E-state index contributed by atoms with van der Waals surface area (Å²) in [5.74, 6) is 0.874. The van der Waals surface area contributed by atoms with Gasteiger partial charge in [0, 0.05) is 25.1 Å². The van der Waals surface area contributed by atoms with Crippen molar-refractivity contribution in [2.45, 2.75) is 6.42 Å². The molecule has 2 aromatic rings. The Morgan fingerprint density at radius 1 is 1.17 bits per heavy atom. The Balaban J connectivity index is 1.88. The molecule has 5 heteroatoms.